The summed E-state index contributed by atoms with van der Waals surface area (Å²) in [5.74, 6) is 0. The molecule has 1 aromatic rings. The lowest BCUT2D eigenvalue weighted by Crippen LogP contribution is -2.06. The number of thioether (sulfide) groups is 1. The largest absolute Gasteiger partial charge is 0.263 e. The third-order valence-corrected chi connectivity index (χ3v) is 3.53. The summed E-state index contributed by atoms with van der Waals surface area (Å²) in [4.78, 5) is 8.61. The molecule has 0 fully saturated rings. The van der Waals surface area contributed by atoms with Gasteiger partial charge in [0.25, 0.3) is 0 Å². The summed E-state index contributed by atoms with van der Waals surface area (Å²) < 4.78 is 0.955. The summed E-state index contributed by atoms with van der Waals surface area (Å²) in [5, 5.41) is 9.73. The van der Waals surface area contributed by atoms with E-state index in [0.717, 1.165) is 20.1 Å². The van der Waals surface area contributed by atoms with E-state index in [9.17, 15) is 0 Å². The van der Waals surface area contributed by atoms with Crippen LogP contribution in [-0.4, -0.2) is 27.3 Å². The molecule has 0 N–H and O–H groups in total. The van der Waals surface area contributed by atoms with Crippen molar-refractivity contribution in [2.45, 2.75) is 6.04 Å². The molecule has 0 amide bonds. The van der Waals surface area contributed by atoms with Crippen LogP contribution in [0.3, 0.4) is 0 Å². The van der Waals surface area contributed by atoms with Crippen LogP contribution in [0.5, 0.6) is 0 Å². The fourth-order valence-corrected chi connectivity index (χ4v) is 2.64. The molecule has 0 saturated heterocycles. The van der Waals surface area contributed by atoms with Gasteiger partial charge in [-0.25, -0.2) is 0 Å². The summed E-state index contributed by atoms with van der Waals surface area (Å²) in [6.45, 7) is 0. The monoisotopic (exact) mass is 280 g/mol. The van der Waals surface area contributed by atoms with Crippen LogP contribution >= 0.6 is 27.7 Å². The molecule has 3 rings (SSSR count). The standard InChI is InChI=1S/C9H5BrN4S/c10-6-1-5(2-11-3-6)8-13-7-4-12-14-9(7)15-8/h1-4,7H/t7-/m1/s1. The zero-order chi connectivity index (χ0) is 10.3. The van der Waals surface area contributed by atoms with Crippen LogP contribution in [0, 0.1) is 0 Å². The highest BCUT2D eigenvalue weighted by Crippen LogP contribution is 2.28. The van der Waals surface area contributed by atoms with Gasteiger partial charge in [-0.2, -0.15) is 5.10 Å². The lowest BCUT2D eigenvalue weighted by atomic mass is 10.3. The van der Waals surface area contributed by atoms with Crippen molar-refractivity contribution in [3.8, 4) is 0 Å². The molecule has 6 heteroatoms. The predicted molar refractivity (Wildman–Crippen MR) is 65.8 cm³/mol. The molecule has 4 nitrogen and oxygen atoms in total. The number of hydrogen-bond acceptors (Lipinski definition) is 5. The van der Waals surface area contributed by atoms with E-state index in [0.29, 0.717) is 0 Å². The van der Waals surface area contributed by atoms with E-state index in [2.05, 4.69) is 36.1 Å². The second-order valence-electron chi connectivity index (χ2n) is 3.08. The van der Waals surface area contributed by atoms with Crippen molar-refractivity contribution in [3.05, 3.63) is 28.5 Å². The Morgan fingerprint density at radius 3 is 3.07 bits per heavy atom. The molecule has 3 heterocycles. The van der Waals surface area contributed by atoms with Crippen LogP contribution in [0.2, 0.25) is 0 Å². The van der Waals surface area contributed by atoms with Crippen molar-refractivity contribution in [2.24, 2.45) is 15.2 Å². The normalized spacial score (nSPS) is 22.6. The molecule has 0 aromatic carbocycles. The molecule has 1 atom stereocenters. The van der Waals surface area contributed by atoms with Gasteiger partial charge >= 0.3 is 0 Å². The van der Waals surface area contributed by atoms with Crippen molar-refractivity contribution >= 4 is 44.0 Å². The van der Waals surface area contributed by atoms with E-state index in [-0.39, 0.29) is 6.04 Å². The first-order chi connectivity index (χ1) is 7.33. The van der Waals surface area contributed by atoms with Crippen molar-refractivity contribution in [2.75, 3.05) is 0 Å². The molecule has 15 heavy (non-hydrogen) atoms. The van der Waals surface area contributed by atoms with E-state index < -0.39 is 0 Å². The predicted octanol–water partition coefficient (Wildman–Crippen LogP) is 2.10. The zero-order valence-corrected chi connectivity index (χ0v) is 9.86. The van der Waals surface area contributed by atoms with Crippen molar-refractivity contribution in [1.29, 1.82) is 0 Å². The van der Waals surface area contributed by atoms with Gasteiger partial charge in [0.2, 0.25) is 0 Å². The third kappa shape index (κ3) is 1.63. The molecule has 2 aliphatic rings. The van der Waals surface area contributed by atoms with Gasteiger partial charge in [0.1, 0.15) is 16.1 Å². The van der Waals surface area contributed by atoms with Crippen molar-refractivity contribution < 1.29 is 0 Å². The number of aliphatic imine (C=N–C) groups is 1. The minimum atomic E-state index is 0.0315. The van der Waals surface area contributed by atoms with E-state index in [4.69, 9.17) is 0 Å². The van der Waals surface area contributed by atoms with Gasteiger partial charge in [-0.15, -0.1) is 5.10 Å². The van der Waals surface area contributed by atoms with E-state index in [1.807, 2.05) is 6.07 Å². The van der Waals surface area contributed by atoms with Crippen LogP contribution < -0.4 is 0 Å². The molecule has 0 saturated carbocycles. The average molecular weight is 281 g/mol. The van der Waals surface area contributed by atoms with Crippen molar-refractivity contribution in [3.63, 3.8) is 0 Å². The third-order valence-electron chi connectivity index (χ3n) is 2.03. The molecule has 1 aromatic heterocycles. The van der Waals surface area contributed by atoms with E-state index >= 15 is 0 Å². The van der Waals surface area contributed by atoms with Crippen molar-refractivity contribution in [1.82, 2.24) is 4.98 Å². The summed E-state index contributed by atoms with van der Waals surface area (Å²) >= 11 is 4.94. The number of aromatic nitrogens is 1. The first-order valence-corrected chi connectivity index (χ1v) is 5.91. The molecular weight excluding hydrogens is 276 g/mol. The minimum absolute atomic E-state index is 0.0315. The Morgan fingerprint density at radius 2 is 2.27 bits per heavy atom. The van der Waals surface area contributed by atoms with Gasteiger partial charge in [-0.1, -0.05) is 0 Å². The molecule has 0 unspecified atom stereocenters. The molecule has 0 spiro atoms. The van der Waals surface area contributed by atoms with E-state index in [1.165, 1.54) is 0 Å². The minimum Gasteiger partial charge on any atom is -0.263 e. The maximum atomic E-state index is 4.50. The Bertz CT molecular complexity index is 509. The molecule has 0 bridgehead atoms. The zero-order valence-electron chi connectivity index (χ0n) is 7.46. The maximum absolute atomic E-state index is 4.50. The molecule has 2 aliphatic heterocycles. The smallest absolute Gasteiger partial charge is 0.138 e. The molecule has 74 valence electrons. The number of fused-ring (bicyclic) bond motifs is 1. The highest BCUT2D eigenvalue weighted by Gasteiger charge is 2.28. The Kier molecular flexibility index (Phi) is 2.17. The SMILES string of the molecule is Brc1cncc(C2=N[C@@H]3C=NN=C3S2)c1. The topological polar surface area (TPSA) is 50.0 Å². The quantitative estimate of drug-likeness (QED) is 0.791. The van der Waals surface area contributed by atoms with Gasteiger partial charge in [0, 0.05) is 22.4 Å². The number of halogens is 1. The fraction of sp³-hybridized carbons (Fsp3) is 0.111. The highest BCUT2D eigenvalue weighted by molar-refractivity contribution is 9.10. The number of hydrogen-bond donors (Lipinski definition) is 0. The first kappa shape index (κ1) is 9.23. The van der Waals surface area contributed by atoms with Crippen LogP contribution in [0.1, 0.15) is 5.56 Å². The summed E-state index contributed by atoms with van der Waals surface area (Å²) in [6.07, 6.45) is 5.31. The van der Waals surface area contributed by atoms with Crippen LogP contribution in [0.25, 0.3) is 0 Å². The van der Waals surface area contributed by atoms with Gasteiger partial charge in [-0.3, -0.25) is 9.98 Å². The number of rotatable bonds is 1. The van der Waals surface area contributed by atoms with Gasteiger partial charge in [0.05, 0.1) is 6.21 Å². The average Bonchev–Trinajstić information content (AvgIpc) is 2.76. The molecule has 0 radical (unpaired) electrons. The second kappa shape index (κ2) is 3.53. The number of nitrogens with zero attached hydrogens (tertiary/aromatic N) is 4. The van der Waals surface area contributed by atoms with Crippen LogP contribution in [0.15, 0.2) is 38.1 Å². The first-order valence-electron chi connectivity index (χ1n) is 4.30. The van der Waals surface area contributed by atoms with Crippen LogP contribution in [0.4, 0.5) is 0 Å². The van der Waals surface area contributed by atoms with Crippen LogP contribution in [-0.2, 0) is 0 Å². The van der Waals surface area contributed by atoms with Gasteiger partial charge in [-0.05, 0) is 33.8 Å². The lowest BCUT2D eigenvalue weighted by Gasteiger charge is -1.98. The Morgan fingerprint density at radius 1 is 1.33 bits per heavy atom. The highest BCUT2D eigenvalue weighted by atomic mass is 79.9. The van der Waals surface area contributed by atoms with Gasteiger partial charge < -0.3 is 0 Å². The summed E-state index contributed by atoms with van der Waals surface area (Å²) in [6, 6.07) is 2.03. The summed E-state index contributed by atoms with van der Waals surface area (Å²) in [7, 11) is 0. The maximum Gasteiger partial charge on any atom is 0.138 e. The van der Waals surface area contributed by atoms with Gasteiger partial charge in [0.15, 0.2) is 0 Å². The molecular formula is C9H5BrN4S. The Labute approximate surface area is 98.7 Å². The lowest BCUT2D eigenvalue weighted by molar-refractivity contribution is 1.21. The fourth-order valence-electron chi connectivity index (χ4n) is 1.36. The Balaban J connectivity index is 1.97. The number of pyridine rings is 1. The second-order valence-corrected chi connectivity index (χ2v) is 5.00. The Hall–Kier alpha value is -1.01. The van der Waals surface area contributed by atoms with E-state index in [1.54, 1.807) is 30.4 Å². The summed E-state index contributed by atoms with van der Waals surface area (Å²) in [5.41, 5.74) is 1.01. The molecule has 0 aliphatic carbocycles.